The second-order valence-electron chi connectivity index (χ2n) is 6.00. The number of rotatable bonds is 5. The first-order chi connectivity index (χ1) is 12.7. The highest BCUT2D eigenvalue weighted by Crippen LogP contribution is 2.24. The van der Waals surface area contributed by atoms with Gasteiger partial charge in [0.25, 0.3) is 0 Å². The van der Waals surface area contributed by atoms with Crippen molar-refractivity contribution < 1.29 is 4.42 Å². The van der Waals surface area contributed by atoms with Crippen molar-refractivity contribution in [3.63, 3.8) is 0 Å². The molecule has 0 radical (unpaired) electrons. The first-order valence-electron chi connectivity index (χ1n) is 8.69. The van der Waals surface area contributed by atoms with E-state index in [-0.39, 0.29) is 24.0 Å². The minimum Gasteiger partial charge on any atom is -0.459 e. The molecule has 0 spiro atoms. The molecule has 0 amide bonds. The molecule has 5 nitrogen and oxygen atoms in total. The molecule has 3 rings (SSSR count). The third-order valence-corrected chi connectivity index (χ3v) is 4.21. The lowest BCUT2D eigenvalue weighted by molar-refractivity contribution is 0.534. The monoisotopic (exact) mass is 474 g/mol. The van der Waals surface area contributed by atoms with Crippen molar-refractivity contribution >= 4 is 40.9 Å². The smallest absolute Gasteiger partial charge is 0.191 e. The standard InChI is InChI=1S/C21H22N4O.HI/c1-3-23-21(24-13-17-10-8-16(12-22)9-11-17)25-14-20-15(2)18-6-4-5-7-19(18)26-20;/h4-11H,3,13-14H2,1-2H3,(H2,23,24,25);1H. The molecule has 2 aromatic carbocycles. The van der Waals surface area contributed by atoms with E-state index in [2.05, 4.69) is 34.7 Å². The van der Waals surface area contributed by atoms with Gasteiger partial charge in [0.1, 0.15) is 11.3 Å². The molecule has 0 unspecified atom stereocenters. The summed E-state index contributed by atoms with van der Waals surface area (Å²) < 4.78 is 5.94. The molecule has 0 atom stereocenters. The second-order valence-corrected chi connectivity index (χ2v) is 6.00. The molecule has 27 heavy (non-hydrogen) atoms. The van der Waals surface area contributed by atoms with Crippen molar-refractivity contribution in [1.82, 2.24) is 10.6 Å². The summed E-state index contributed by atoms with van der Waals surface area (Å²) in [5.41, 5.74) is 3.77. The Labute approximate surface area is 176 Å². The van der Waals surface area contributed by atoms with E-state index in [9.17, 15) is 0 Å². The average molecular weight is 474 g/mol. The minimum atomic E-state index is 0. The van der Waals surface area contributed by atoms with Crippen LogP contribution in [0.3, 0.4) is 0 Å². The number of nitriles is 1. The number of nitrogens with zero attached hydrogens (tertiary/aromatic N) is 2. The molecule has 0 aliphatic carbocycles. The fraction of sp³-hybridized carbons (Fsp3) is 0.238. The summed E-state index contributed by atoms with van der Waals surface area (Å²) in [6.07, 6.45) is 0. The molecule has 0 aliphatic rings. The van der Waals surface area contributed by atoms with Gasteiger partial charge in [-0.2, -0.15) is 5.26 Å². The van der Waals surface area contributed by atoms with Crippen LogP contribution in [-0.2, 0) is 13.1 Å². The number of aliphatic imine (C=N–C) groups is 1. The maximum Gasteiger partial charge on any atom is 0.191 e. The third kappa shape index (κ3) is 5.23. The molecule has 3 aromatic rings. The second kappa shape index (κ2) is 9.97. The zero-order valence-corrected chi connectivity index (χ0v) is 17.8. The van der Waals surface area contributed by atoms with Crippen LogP contribution in [0, 0.1) is 18.3 Å². The summed E-state index contributed by atoms with van der Waals surface area (Å²) in [7, 11) is 0. The zero-order chi connectivity index (χ0) is 18.4. The van der Waals surface area contributed by atoms with Gasteiger partial charge in [-0.25, -0.2) is 4.99 Å². The van der Waals surface area contributed by atoms with E-state index < -0.39 is 0 Å². The quantitative estimate of drug-likeness (QED) is 0.325. The molecule has 0 aliphatic heterocycles. The maximum atomic E-state index is 8.86. The predicted octanol–water partition coefficient (Wildman–Crippen LogP) is 4.49. The summed E-state index contributed by atoms with van der Waals surface area (Å²) in [5.74, 6) is 1.65. The number of fused-ring (bicyclic) bond motifs is 1. The summed E-state index contributed by atoms with van der Waals surface area (Å²) in [6.45, 7) is 5.99. The number of hydrogen-bond acceptors (Lipinski definition) is 3. The van der Waals surface area contributed by atoms with E-state index in [4.69, 9.17) is 9.68 Å². The lowest BCUT2D eigenvalue weighted by Crippen LogP contribution is -2.36. The van der Waals surface area contributed by atoms with Gasteiger partial charge in [-0.05, 0) is 37.6 Å². The Morgan fingerprint density at radius 3 is 2.52 bits per heavy atom. The van der Waals surface area contributed by atoms with Crippen molar-refractivity contribution in [2.24, 2.45) is 4.99 Å². The highest BCUT2D eigenvalue weighted by Gasteiger charge is 2.10. The largest absolute Gasteiger partial charge is 0.459 e. The van der Waals surface area contributed by atoms with Crippen LogP contribution in [0.15, 0.2) is 57.9 Å². The van der Waals surface area contributed by atoms with Gasteiger partial charge in [-0.1, -0.05) is 30.3 Å². The molecule has 0 bridgehead atoms. The normalized spacial score (nSPS) is 10.9. The SMILES string of the molecule is CCNC(=NCc1ccc(C#N)cc1)NCc1oc2ccccc2c1C.I. The Morgan fingerprint density at radius 2 is 1.85 bits per heavy atom. The fourth-order valence-electron chi connectivity index (χ4n) is 2.75. The summed E-state index contributed by atoms with van der Waals surface area (Å²) in [4.78, 5) is 4.61. The van der Waals surface area contributed by atoms with Crippen LogP contribution in [0.5, 0.6) is 0 Å². The van der Waals surface area contributed by atoms with Crippen molar-refractivity contribution in [2.45, 2.75) is 26.9 Å². The van der Waals surface area contributed by atoms with Crippen LogP contribution in [0.25, 0.3) is 11.0 Å². The Hall–Kier alpha value is -2.53. The topological polar surface area (TPSA) is 73.3 Å². The van der Waals surface area contributed by atoms with Crippen LogP contribution in [0.1, 0.15) is 29.4 Å². The Bertz CT molecular complexity index is 954. The Kier molecular flexibility index (Phi) is 7.67. The molecule has 0 saturated carbocycles. The van der Waals surface area contributed by atoms with E-state index in [1.165, 1.54) is 0 Å². The maximum absolute atomic E-state index is 8.86. The van der Waals surface area contributed by atoms with Gasteiger partial charge in [-0.15, -0.1) is 24.0 Å². The van der Waals surface area contributed by atoms with Crippen LogP contribution >= 0.6 is 24.0 Å². The number of halogens is 1. The number of para-hydroxylation sites is 1. The van der Waals surface area contributed by atoms with Crippen molar-refractivity contribution in [1.29, 1.82) is 5.26 Å². The molecule has 0 saturated heterocycles. The highest BCUT2D eigenvalue weighted by atomic mass is 127. The van der Waals surface area contributed by atoms with Gasteiger partial charge >= 0.3 is 0 Å². The van der Waals surface area contributed by atoms with Gasteiger partial charge < -0.3 is 15.1 Å². The minimum absolute atomic E-state index is 0. The Morgan fingerprint density at radius 1 is 1.11 bits per heavy atom. The zero-order valence-electron chi connectivity index (χ0n) is 15.5. The molecular weight excluding hydrogens is 451 g/mol. The average Bonchev–Trinajstić information content (AvgIpc) is 3.00. The lowest BCUT2D eigenvalue weighted by Gasteiger charge is -2.10. The molecule has 0 fully saturated rings. The summed E-state index contributed by atoms with van der Waals surface area (Å²) in [5, 5.41) is 16.6. The molecule has 1 aromatic heterocycles. The number of aryl methyl sites for hydroxylation is 1. The van der Waals surface area contributed by atoms with Crippen LogP contribution in [0.4, 0.5) is 0 Å². The van der Waals surface area contributed by atoms with E-state index in [0.29, 0.717) is 18.7 Å². The van der Waals surface area contributed by atoms with Crippen molar-refractivity contribution in [3.05, 3.63) is 71.0 Å². The molecular formula is C21H23IN4O. The van der Waals surface area contributed by atoms with Gasteiger partial charge in [0.15, 0.2) is 5.96 Å². The van der Waals surface area contributed by atoms with E-state index in [0.717, 1.165) is 40.4 Å². The third-order valence-electron chi connectivity index (χ3n) is 4.21. The van der Waals surface area contributed by atoms with Gasteiger partial charge in [0.2, 0.25) is 0 Å². The fourth-order valence-corrected chi connectivity index (χ4v) is 2.75. The number of furan rings is 1. The highest BCUT2D eigenvalue weighted by molar-refractivity contribution is 14.0. The molecule has 1 heterocycles. The van der Waals surface area contributed by atoms with Crippen molar-refractivity contribution in [2.75, 3.05) is 6.54 Å². The van der Waals surface area contributed by atoms with E-state index >= 15 is 0 Å². The Balaban J connectivity index is 0.00000261. The van der Waals surface area contributed by atoms with Crippen molar-refractivity contribution in [3.8, 4) is 6.07 Å². The summed E-state index contributed by atoms with van der Waals surface area (Å²) in [6, 6.07) is 17.6. The molecule has 2 N–H and O–H groups in total. The van der Waals surface area contributed by atoms with Crippen LogP contribution < -0.4 is 10.6 Å². The number of benzene rings is 2. The van der Waals surface area contributed by atoms with E-state index in [1.807, 2.05) is 49.4 Å². The molecule has 6 heteroatoms. The van der Waals surface area contributed by atoms with Crippen LogP contribution in [0.2, 0.25) is 0 Å². The number of guanidine groups is 1. The van der Waals surface area contributed by atoms with Gasteiger partial charge in [0.05, 0.1) is 24.7 Å². The van der Waals surface area contributed by atoms with Gasteiger partial charge in [0, 0.05) is 17.5 Å². The van der Waals surface area contributed by atoms with Gasteiger partial charge in [-0.3, -0.25) is 0 Å². The predicted molar refractivity (Wildman–Crippen MR) is 119 cm³/mol. The van der Waals surface area contributed by atoms with E-state index in [1.54, 1.807) is 0 Å². The molecule has 140 valence electrons. The number of nitrogens with one attached hydrogen (secondary N) is 2. The number of hydrogen-bond donors (Lipinski definition) is 2. The van der Waals surface area contributed by atoms with Crippen LogP contribution in [-0.4, -0.2) is 12.5 Å². The first-order valence-corrected chi connectivity index (χ1v) is 8.69. The first kappa shape index (κ1) is 20.8. The lowest BCUT2D eigenvalue weighted by atomic mass is 10.1. The summed E-state index contributed by atoms with van der Waals surface area (Å²) >= 11 is 0.